The minimum atomic E-state index is -4.34. The Labute approximate surface area is 167 Å². The molecule has 0 saturated carbocycles. The van der Waals surface area contributed by atoms with Crippen LogP contribution in [0, 0.1) is 6.92 Å². The molecular formula is C20H26F3N5O. The second-order valence-corrected chi connectivity index (χ2v) is 6.37. The fourth-order valence-electron chi connectivity index (χ4n) is 2.88. The van der Waals surface area contributed by atoms with E-state index in [0.717, 1.165) is 11.1 Å². The van der Waals surface area contributed by atoms with Crippen LogP contribution >= 0.6 is 0 Å². The molecular weight excluding hydrogens is 383 g/mol. The Morgan fingerprint density at radius 1 is 1.24 bits per heavy atom. The van der Waals surface area contributed by atoms with Gasteiger partial charge in [-0.25, -0.2) is 4.79 Å². The molecule has 6 nitrogen and oxygen atoms in total. The molecule has 1 atom stereocenters. The van der Waals surface area contributed by atoms with E-state index in [2.05, 4.69) is 15.3 Å². The number of hydrogen-bond acceptors (Lipinski definition) is 4. The van der Waals surface area contributed by atoms with Gasteiger partial charge in [0, 0.05) is 23.8 Å². The zero-order valence-corrected chi connectivity index (χ0v) is 16.7. The molecule has 0 fully saturated rings. The second kappa shape index (κ2) is 9.71. The summed E-state index contributed by atoms with van der Waals surface area (Å²) in [5.74, 6) is 0. The van der Waals surface area contributed by atoms with Gasteiger partial charge in [-0.3, -0.25) is 4.57 Å². The Morgan fingerprint density at radius 2 is 1.90 bits per heavy atom. The van der Waals surface area contributed by atoms with Crippen molar-refractivity contribution < 1.29 is 13.2 Å². The fourth-order valence-corrected chi connectivity index (χ4v) is 2.88. The maximum Gasteiger partial charge on any atom is 0.403 e. The number of aryl methyl sites for hydroxylation is 1. The van der Waals surface area contributed by atoms with Crippen molar-refractivity contribution in [2.24, 2.45) is 5.73 Å². The second-order valence-electron chi connectivity index (χ2n) is 6.37. The van der Waals surface area contributed by atoms with Crippen LogP contribution in [0.15, 0.2) is 41.3 Å². The molecule has 0 aliphatic rings. The molecule has 0 bridgehead atoms. The first-order valence-corrected chi connectivity index (χ1v) is 9.46. The molecule has 9 heteroatoms. The lowest BCUT2D eigenvalue weighted by Crippen LogP contribution is -2.43. The minimum absolute atomic E-state index is 0.0485. The molecule has 2 heterocycles. The lowest BCUT2D eigenvalue weighted by Gasteiger charge is -2.21. The van der Waals surface area contributed by atoms with Gasteiger partial charge in [-0.1, -0.05) is 26.0 Å². The molecule has 3 rings (SSSR count). The van der Waals surface area contributed by atoms with Gasteiger partial charge in [-0.2, -0.15) is 18.2 Å². The highest BCUT2D eigenvalue weighted by Gasteiger charge is 2.38. The Morgan fingerprint density at radius 3 is 2.48 bits per heavy atom. The molecule has 3 aromatic rings. The van der Waals surface area contributed by atoms with Gasteiger partial charge in [0.2, 0.25) is 0 Å². The molecule has 29 heavy (non-hydrogen) atoms. The van der Waals surface area contributed by atoms with Crippen LogP contribution in [0.4, 0.5) is 13.2 Å². The van der Waals surface area contributed by atoms with Crippen molar-refractivity contribution in [1.29, 1.82) is 0 Å². The van der Waals surface area contributed by atoms with E-state index in [-0.39, 0.29) is 19.5 Å². The van der Waals surface area contributed by atoms with E-state index in [9.17, 15) is 18.0 Å². The third-order valence-corrected chi connectivity index (χ3v) is 4.26. The van der Waals surface area contributed by atoms with Gasteiger partial charge in [-0.05, 0) is 43.7 Å². The summed E-state index contributed by atoms with van der Waals surface area (Å²) in [5, 5.41) is 3.28. The predicted octanol–water partition coefficient (Wildman–Crippen LogP) is 3.42. The van der Waals surface area contributed by atoms with Gasteiger partial charge in [0.15, 0.2) is 0 Å². The molecule has 0 saturated heterocycles. The SMILES string of the molecule is CC.Cc1cc2cn(-c3ccc(CNC(CCN)C(F)(F)F)cc3)c(=O)nc2[nH]1. The molecule has 2 aromatic heterocycles. The molecule has 0 amide bonds. The number of halogens is 3. The van der Waals surface area contributed by atoms with Crippen molar-refractivity contribution in [3.8, 4) is 5.69 Å². The first kappa shape index (κ1) is 22.6. The first-order chi connectivity index (χ1) is 13.8. The highest BCUT2D eigenvalue weighted by molar-refractivity contribution is 5.75. The van der Waals surface area contributed by atoms with Crippen LogP contribution in [-0.2, 0) is 6.54 Å². The Bertz CT molecular complexity index is 976. The van der Waals surface area contributed by atoms with Gasteiger partial charge in [0.25, 0.3) is 0 Å². The summed E-state index contributed by atoms with van der Waals surface area (Å²) in [5.41, 5.74) is 7.50. The average Bonchev–Trinajstić information content (AvgIpc) is 3.04. The first-order valence-electron chi connectivity index (χ1n) is 9.46. The van der Waals surface area contributed by atoms with Crippen molar-refractivity contribution in [2.45, 2.75) is 46.0 Å². The largest absolute Gasteiger partial charge is 0.403 e. The Hall–Kier alpha value is -2.65. The maximum atomic E-state index is 12.9. The molecule has 158 valence electrons. The summed E-state index contributed by atoms with van der Waals surface area (Å²) in [6.45, 7) is 5.87. The van der Waals surface area contributed by atoms with Crippen molar-refractivity contribution in [1.82, 2.24) is 19.9 Å². The fraction of sp³-hybridized carbons (Fsp3) is 0.400. The van der Waals surface area contributed by atoms with E-state index in [4.69, 9.17) is 5.73 Å². The van der Waals surface area contributed by atoms with Crippen LogP contribution in [0.2, 0.25) is 0 Å². The number of rotatable bonds is 6. The van der Waals surface area contributed by atoms with Crippen molar-refractivity contribution >= 4 is 11.0 Å². The summed E-state index contributed by atoms with van der Waals surface area (Å²) < 4.78 is 40.1. The monoisotopic (exact) mass is 409 g/mol. The number of nitrogens with zero attached hydrogens (tertiary/aromatic N) is 2. The third-order valence-electron chi connectivity index (χ3n) is 4.26. The number of alkyl halides is 3. The molecule has 0 spiro atoms. The molecule has 1 unspecified atom stereocenters. The highest BCUT2D eigenvalue weighted by atomic mass is 19.4. The summed E-state index contributed by atoms with van der Waals surface area (Å²) in [6.07, 6.45) is -2.84. The van der Waals surface area contributed by atoms with Gasteiger partial charge in [0.05, 0.1) is 5.69 Å². The number of nitrogens with two attached hydrogens (primary N) is 1. The lowest BCUT2D eigenvalue weighted by molar-refractivity contribution is -0.157. The van der Waals surface area contributed by atoms with Crippen molar-refractivity contribution in [3.63, 3.8) is 0 Å². The van der Waals surface area contributed by atoms with E-state index >= 15 is 0 Å². The van der Waals surface area contributed by atoms with Crippen molar-refractivity contribution in [2.75, 3.05) is 6.54 Å². The normalized spacial score (nSPS) is 12.5. The summed E-state index contributed by atoms with van der Waals surface area (Å²) in [6, 6.07) is 6.95. The van der Waals surface area contributed by atoms with E-state index < -0.39 is 17.9 Å². The van der Waals surface area contributed by atoms with E-state index in [1.54, 1.807) is 30.5 Å². The van der Waals surface area contributed by atoms with Crippen LogP contribution in [0.1, 0.15) is 31.5 Å². The van der Waals surface area contributed by atoms with Gasteiger partial charge >= 0.3 is 11.9 Å². The van der Waals surface area contributed by atoms with Crippen LogP contribution < -0.4 is 16.7 Å². The topological polar surface area (TPSA) is 88.7 Å². The summed E-state index contributed by atoms with van der Waals surface area (Å²) in [7, 11) is 0. The van der Waals surface area contributed by atoms with Crippen molar-refractivity contribution in [3.05, 3.63) is 58.3 Å². The standard InChI is InChI=1S/C18H20F3N5O.C2H6/c1-11-8-13-10-26(17(27)25-16(13)24-11)14-4-2-12(3-5-14)9-23-15(6-7-22)18(19,20)21;1-2/h2-5,8,10,15,23H,6-7,9,22H2,1H3,(H,24,25,27);1-2H3. The minimum Gasteiger partial charge on any atom is -0.343 e. The number of hydrogen-bond donors (Lipinski definition) is 3. The van der Waals surface area contributed by atoms with Gasteiger partial charge in [-0.15, -0.1) is 0 Å². The zero-order valence-electron chi connectivity index (χ0n) is 16.7. The highest BCUT2D eigenvalue weighted by Crippen LogP contribution is 2.22. The number of aromatic amines is 1. The molecule has 0 radical (unpaired) electrons. The third kappa shape index (κ3) is 5.68. The van der Waals surface area contributed by atoms with Gasteiger partial charge < -0.3 is 16.0 Å². The van der Waals surface area contributed by atoms with E-state index in [1.165, 1.54) is 4.57 Å². The van der Waals surface area contributed by atoms with Crippen LogP contribution in [-0.4, -0.2) is 33.3 Å². The lowest BCUT2D eigenvalue weighted by atomic mass is 10.1. The van der Waals surface area contributed by atoms with E-state index in [1.807, 2.05) is 26.8 Å². The molecule has 0 aliphatic heterocycles. The number of H-pyrrole nitrogens is 1. The smallest absolute Gasteiger partial charge is 0.343 e. The average molecular weight is 409 g/mol. The molecule has 0 aliphatic carbocycles. The Kier molecular flexibility index (Phi) is 7.58. The molecule has 1 aromatic carbocycles. The summed E-state index contributed by atoms with van der Waals surface area (Å²) >= 11 is 0. The number of nitrogens with one attached hydrogen (secondary N) is 2. The number of fused-ring (bicyclic) bond motifs is 1. The van der Waals surface area contributed by atoms with Crippen LogP contribution in [0.5, 0.6) is 0 Å². The Balaban J connectivity index is 0.00000145. The maximum absolute atomic E-state index is 12.9. The predicted molar refractivity (Wildman–Crippen MR) is 108 cm³/mol. The number of benzene rings is 1. The molecule has 4 N–H and O–H groups in total. The zero-order chi connectivity index (χ0) is 21.6. The quantitative estimate of drug-likeness (QED) is 0.582. The van der Waals surface area contributed by atoms with Gasteiger partial charge in [0.1, 0.15) is 11.7 Å². The van der Waals surface area contributed by atoms with Crippen LogP contribution in [0.3, 0.4) is 0 Å². The summed E-state index contributed by atoms with van der Waals surface area (Å²) in [4.78, 5) is 19.2. The van der Waals surface area contributed by atoms with Crippen LogP contribution in [0.25, 0.3) is 16.7 Å². The van der Waals surface area contributed by atoms with E-state index in [0.29, 0.717) is 16.9 Å². The number of aromatic nitrogens is 3.